The summed E-state index contributed by atoms with van der Waals surface area (Å²) in [5.41, 5.74) is 6.32. The van der Waals surface area contributed by atoms with Crippen molar-refractivity contribution >= 4 is 15.6 Å². The number of fused-ring (bicyclic) bond motifs is 2. The molecule has 1 aliphatic heterocycles. The molecule has 1 N–H and O–H groups in total. The molecule has 4 atom stereocenters. The van der Waals surface area contributed by atoms with Gasteiger partial charge < -0.3 is 9.26 Å². The van der Waals surface area contributed by atoms with E-state index in [-0.39, 0.29) is 5.41 Å². The SMILES string of the molecule is C=[Si]OC1CCC2=CC3NOC(C)=C3CC2(C)C1C. The van der Waals surface area contributed by atoms with Crippen molar-refractivity contribution in [3.63, 3.8) is 0 Å². The van der Waals surface area contributed by atoms with Gasteiger partial charge in [0.15, 0.2) is 0 Å². The quantitative estimate of drug-likeness (QED) is 0.620. The van der Waals surface area contributed by atoms with Gasteiger partial charge in [-0.05, 0) is 37.2 Å². The van der Waals surface area contributed by atoms with E-state index in [2.05, 4.69) is 38.5 Å². The standard InChI is InChI=1S/C15H22NO2Si/c1-9-14(18-19-4)6-5-11-7-13-12(8-15(9,11)3)10(2)17-16-13/h7,9,13-14,16H,4-6,8H2,1-3H3. The summed E-state index contributed by atoms with van der Waals surface area (Å²) < 4.78 is 5.87. The number of hydrogen-bond acceptors (Lipinski definition) is 3. The molecule has 1 heterocycles. The van der Waals surface area contributed by atoms with Crippen molar-refractivity contribution in [2.45, 2.75) is 52.2 Å². The Morgan fingerprint density at radius 3 is 3.11 bits per heavy atom. The van der Waals surface area contributed by atoms with Gasteiger partial charge in [-0.3, -0.25) is 0 Å². The summed E-state index contributed by atoms with van der Waals surface area (Å²) in [4.78, 5) is 5.51. The topological polar surface area (TPSA) is 30.5 Å². The third-order valence-electron chi connectivity index (χ3n) is 5.32. The Morgan fingerprint density at radius 1 is 1.58 bits per heavy atom. The van der Waals surface area contributed by atoms with Crippen molar-refractivity contribution in [2.75, 3.05) is 0 Å². The summed E-state index contributed by atoms with van der Waals surface area (Å²) >= 11 is 0. The van der Waals surface area contributed by atoms with Crippen LogP contribution < -0.4 is 5.48 Å². The first-order valence-corrected chi connectivity index (χ1v) is 8.18. The normalized spacial score (nSPS) is 41.0. The van der Waals surface area contributed by atoms with Gasteiger partial charge >= 0.3 is 0 Å². The van der Waals surface area contributed by atoms with Crippen LogP contribution in [0.1, 0.15) is 40.0 Å². The Bertz CT molecular complexity index is 471. The summed E-state index contributed by atoms with van der Waals surface area (Å²) in [6.07, 6.45) is 9.94. The highest BCUT2D eigenvalue weighted by atomic mass is 28.2. The third kappa shape index (κ3) is 1.92. The van der Waals surface area contributed by atoms with Crippen LogP contribution in [0.4, 0.5) is 0 Å². The van der Waals surface area contributed by atoms with E-state index in [4.69, 9.17) is 9.26 Å². The summed E-state index contributed by atoms with van der Waals surface area (Å²) in [6, 6.07) is 0.294. The highest BCUT2D eigenvalue weighted by Crippen LogP contribution is 2.53. The maximum absolute atomic E-state index is 5.87. The molecule has 0 spiro atoms. The van der Waals surface area contributed by atoms with Gasteiger partial charge in [-0.2, -0.15) is 0 Å². The predicted octanol–water partition coefficient (Wildman–Crippen LogP) is 2.37. The van der Waals surface area contributed by atoms with Gasteiger partial charge in [-0.25, -0.2) is 0 Å². The maximum atomic E-state index is 5.87. The van der Waals surface area contributed by atoms with E-state index >= 15 is 0 Å². The van der Waals surface area contributed by atoms with Crippen LogP contribution in [0.5, 0.6) is 0 Å². The van der Waals surface area contributed by atoms with Crippen molar-refractivity contribution in [1.29, 1.82) is 0 Å². The van der Waals surface area contributed by atoms with Gasteiger partial charge in [0.2, 0.25) is 0 Å². The number of nitrogens with one attached hydrogen (secondary N) is 1. The molecule has 0 bridgehead atoms. The van der Waals surface area contributed by atoms with Crippen molar-refractivity contribution < 1.29 is 9.26 Å². The second-order valence-corrected chi connectivity index (χ2v) is 6.72. The molecule has 0 saturated heterocycles. The predicted molar refractivity (Wildman–Crippen MR) is 77.7 cm³/mol. The molecule has 4 heteroatoms. The lowest BCUT2D eigenvalue weighted by Crippen LogP contribution is -2.45. The molecule has 1 radical (unpaired) electrons. The fraction of sp³-hybridized carbons (Fsp3) is 0.667. The Kier molecular flexibility index (Phi) is 3.18. The summed E-state index contributed by atoms with van der Waals surface area (Å²) in [5, 5.41) is 0. The fourth-order valence-corrected chi connectivity index (χ4v) is 4.36. The molecular weight excluding hydrogens is 254 g/mol. The molecule has 0 amide bonds. The zero-order valence-electron chi connectivity index (χ0n) is 12.0. The second-order valence-electron chi connectivity index (χ2n) is 6.19. The van der Waals surface area contributed by atoms with E-state index in [1.807, 2.05) is 0 Å². The number of rotatable bonds is 2. The Labute approximate surface area is 117 Å². The van der Waals surface area contributed by atoms with Crippen molar-refractivity contribution in [3.05, 3.63) is 23.0 Å². The van der Waals surface area contributed by atoms with Crippen LogP contribution in [0.2, 0.25) is 0 Å². The average Bonchev–Trinajstić information content (AvgIpc) is 2.73. The smallest absolute Gasteiger partial charge is 0.273 e. The monoisotopic (exact) mass is 276 g/mol. The molecule has 103 valence electrons. The van der Waals surface area contributed by atoms with E-state index < -0.39 is 0 Å². The van der Waals surface area contributed by atoms with Gasteiger partial charge in [-0.15, -0.1) is 5.48 Å². The number of hydroxylamine groups is 1. The highest BCUT2D eigenvalue weighted by Gasteiger charge is 2.48. The van der Waals surface area contributed by atoms with Crippen LogP contribution in [0, 0.1) is 11.3 Å². The van der Waals surface area contributed by atoms with Gasteiger partial charge in [-0.1, -0.05) is 31.7 Å². The van der Waals surface area contributed by atoms with Crippen molar-refractivity contribution in [3.8, 4) is 0 Å². The zero-order valence-corrected chi connectivity index (χ0v) is 13.0. The van der Waals surface area contributed by atoms with Gasteiger partial charge in [0.1, 0.15) is 5.76 Å². The van der Waals surface area contributed by atoms with E-state index in [1.54, 1.807) is 5.57 Å². The summed E-state index contributed by atoms with van der Waals surface area (Å²) in [7, 11) is 0.341. The van der Waals surface area contributed by atoms with Crippen LogP contribution >= 0.6 is 0 Å². The lowest BCUT2D eigenvalue weighted by Gasteiger charge is -2.49. The maximum Gasteiger partial charge on any atom is 0.273 e. The van der Waals surface area contributed by atoms with E-state index in [9.17, 15) is 0 Å². The molecule has 0 aromatic heterocycles. The lowest BCUT2D eigenvalue weighted by molar-refractivity contribution is 0.0442. The zero-order chi connectivity index (χ0) is 13.6. The van der Waals surface area contributed by atoms with Gasteiger partial charge in [0, 0.05) is 5.92 Å². The molecule has 0 aromatic rings. The largest absolute Gasteiger partial charge is 0.545 e. The molecule has 4 unspecified atom stereocenters. The molecule has 3 nitrogen and oxygen atoms in total. The van der Waals surface area contributed by atoms with Crippen molar-refractivity contribution in [2.24, 2.45) is 11.3 Å². The molecule has 1 fully saturated rings. The average molecular weight is 276 g/mol. The first-order chi connectivity index (χ1) is 9.06. The van der Waals surface area contributed by atoms with Crippen molar-refractivity contribution in [1.82, 2.24) is 5.48 Å². The molecule has 3 rings (SSSR count). The van der Waals surface area contributed by atoms with E-state index in [1.165, 1.54) is 5.57 Å². The van der Waals surface area contributed by atoms with E-state index in [0.29, 0.717) is 27.4 Å². The minimum absolute atomic E-state index is 0.213. The van der Waals surface area contributed by atoms with Crippen LogP contribution in [0.15, 0.2) is 23.0 Å². The minimum Gasteiger partial charge on any atom is -0.545 e. The van der Waals surface area contributed by atoms with Crippen LogP contribution in [-0.2, 0) is 9.26 Å². The van der Waals surface area contributed by atoms with E-state index in [0.717, 1.165) is 25.0 Å². The number of allylic oxidation sites excluding steroid dienone is 2. The number of hydrogen-bond donors (Lipinski definition) is 1. The fourth-order valence-electron chi connectivity index (χ4n) is 3.83. The van der Waals surface area contributed by atoms with Gasteiger partial charge in [0.05, 0.1) is 12.1 Å². The third-order valence-corrected chi connectivity index (χ3v) is 5.79. The first kappa shape index (κ1) is 13.1. The van der Waals surface area contributed by atoms with Gasteiger partial charge in [0.25, 0.3) is 9.38 Å². The van der Waals surface area contributed by atoms with Crippen LogP contribution in [0.25, 0.3) is 0 Å². The Morgan fingerprint density at radius 2 is 2.37 bits per heavy atom. The summed E-state index contributed by atoms with van der Waals surface area (Å²) in [6.45, 7) is 6.78. The lowest BCUT2D eigenvalue weighted by atomic mass is 9.58. The summed E-state index contributed by atoms with van der Waals surface area (Å²) in [5.74, 6) is 1.58. The van der Waals surface area contributed by atoms with Crippen LogP contribution in [-0.4, -0.2) is 27.7 Å². The molecule has 2 aliphatic carbocycles. The molecule has 0 aromatic carbocycles. The molecule has 19 heavy (non-hydrogen) atoms. The van der Waals surface area contributed by atoms with Crippen LogP contribution in [0.3, 0.4) is 0 Å². The molecule has 1 saturated carbocycles. The Balaban J connectivity index is 1.95. The molecule has 3 aliphatic rings. The Hall–Kier alpha value is -0.873. The highest BCUT2D eigenvalue weighted by molar-refractivity contribution is 6.33. The first-order valence-electron chi connectivity index (χ1n) is 7.07. The molecular formula is C15H22NO2Si. The minimum atomic E-state index is 0.213. The second kappa shape index (κ2) is 4.60.